The number of nitrogens with zero attached hydrogens (tertiary/aromatic N) is 3. The maximum absolute atomic E-state index is 8.96. The maximum atomic E-state index is 8.96. The summed E-state index contributed by atoms with van der Waals surface area (Å²) in [4.78, 5) is 9.13. The third-order valence-corrected chi connectivity index (χ3v) is 5.57. The Morgan fingerprint density at radius 1 is 1.35 bits per heavy atom. The third-order valence-electron chi connectivity index (χ3n) is 3.56. The lowest BCUT2D eigenvalue weighted by Crippen LogP contribution is -2.12. The van der Waals surface area contributed by atoms with Crippen LogP contribution in [-0.4, -0.2) is 15.4 Å². The Hall–Kier alpha value is -2.36. The molecule has 1 aromatic carbocycles. The van der Waals surface area contributed by atoms with Crippen molar-refractivity contribution in [3.05, 3.63) is 59.3 Å². The van der Waals surface area contributed by atoms with Crippen LogP contribution in [0.3, 0.4) is 0 Å². The molecule has 23 heavy (non-hydrogen) atoms. The molecule has 112 valence electrons. The Kier molecular flexibility index (Phi) is 3.52. The summed E-state index contributed by atoms with van der Waals surface area (Å²) in [6.45, 7) is 2.09. The fraction of sp³-hybridized carbons (Fsp3) is 0.118. The van der Waals surface area contributed by atoms with Crippen molar-refractivity contribution in [3.63, 3.8) is 0 Å². The topological polar surface area (TPSA) is 61.1 Å². The number of benzene rings is 1. The Labute approximate surface area is 142 Å². The fourth-order valence-corrected chi connectivity index (χ4v) is 4.24. The van der Waals surface area contributed by atoms with Crippen molar-refractivity contribution in [2.75, 3.05) is 0 Å². The first-order valence-electron chi connectivity index (χ1n) is 7.11. The Morgan fingerprint density at radius 3 is 3.13 bits per heavy atom. The summed E-state index contributed by atoms with van der Waals surface area (Å²) in [6.07, 6.45) is 8.52. The smallest absolute Gasteiger partial charge is 0.212 e. The molecule has 1 unspecified atom stereocenters. The summed E-state index contributed by atoms with van der Waals surface area (Å²) in [5.74, 6) is 0. The molecule has 2 heterocycles. The molecule has 1 fully saturated rings. The summed E-state index contributed by atoms with van der Waals surface area (Å²) in [6, 6.07) is 7.67. The molecule has 4 nitrogen and oxygen atoms in total. The Morgan fingerprint density at radius 2 is 2.26 bits per heavy atom. The van der Waals surface area contributed by atoms with E-state index in [1.54, 1.807) is 17.8 Å². The SMILES string of the molecule is CC1=CC=C2N/C(=N/c3nc4cc(C#N)ccc4s3)SC2C=C1. The minimum Gasteiger partial charge on any atom is -0.337 e. The van der Waals surface area contributed by atoms with Gasteiger partial charge >= 0.3 is 0 Å². The number of thiazole rings is 1. The van der Waals surface area contributed by atoms with E-state index in [-0.39, 0.29) is 5.25 Å². The summed E-state index contributed by atoms with van der Waals surface area (Å²) in [5.41, 5.74) is 3.83. The summed E-state index contributed by atoms with van der Waals surface area (Å²) in [7, 11) is 0. The van der Waals surface area contributed by atoms with Crippen LogP contribution in [0.2, 0.25) is 0 Å². The number of allylic oxidation sites excluding steroid dienone is 4. The van der Waals surface area contributed by atoms with Crippen LogP contribution in [-0.2, 0) is 0 Å². The molecule has 1 saturated heterocycles. The molecule has 0 amide bonds. The highest BCUT2D eigenvalue weighted by atomic mass is 32.2. The highest BCUT2D eigenvalue weighted by Gasteiger charge is 2.25. The second-order valence-electron chi connectivity index (χ2n) is 5.26. The summed E-state index contributed by atoms with van der Waals surface area (Å²) < 4.78 is 1.04. The van der Waals surface area contributed by atoms with Gasteiger partial charge in [-0.3, -0.25) is 0 Å². The van der Waals surface area contributed by atoms with Crippen LogP contribution in [0.25, 0.3) is 10.2 Å². The van der Waals surface area contributed by atoms with Gasteiger partial charge in [-0.15, -0.1) is 0 Å². The van der Waals surface area contributed by atoms with Crippen molar-refractivity contribution in [3.8, 4) is 6.07 Å². The Balaban J connectivity index is 1.64. The average molecular weight is 336 g/mol. The van der Waals surface area contributed by atoms with E-state index in [2.05, 4.69) is 52.6 Å². The highest BCUT2D eigenvalue weighted by Crippen LogP contribution is 2.34. The molecular formula is C17H12N4S2. The molecule has 1 N–H and O–H groups in total. The number of aliphatic imine (C=N–C) groups is 1. The summed E-state index contributed by atoms with van der Waals surface area (Å²) >= 11 is 3.22. The van der Waals surface area contributed by atoms with E-state index >= 15 is 0 Å². The molecular weight excluding hydrogens is 324 g/mol. The molecule has 0 saturated carbocycles. The average Bonchev–Trinajstić information content (AvgIpc) is 3.08. The number of rotatable bonds is 1. The highest BCUT2D eigenvalue weighted by molar-refractivity contribution is 8.15. The molecule has 1 aromatic heterocycles. The van der Waals surface area contributed by atoms with Crippen molar-refractivity contribution in [2.24, 2.45) is 4.99 Å². The van der Waals surface area contributed by atoms with Gasteiger partial charge in [0.15, 0.2) is 5.17 Å². The second-order valence-corrected chi connectivity index (χ2v) is 7.40. The van der Waals surface area contributed by atoms with E-state index in [9.17, 15) is 0 Å². The van der Waals surface area contributed by atoms with Crippen LogP contribution in [0.5, 0.6) is 0 Å². The van der Waals surface area contributed by atoms with Gasteiger partial charge in [0, 0.05) is 5.70 Å². The van der Waals surface area contributed by atoms with E-state index in [0.717, 1.165) is 21.1 Å². The zero-order valence-electron chi connectivity index (χ0n) is 12.3. The first-order valence-corrected chi connectivity index (χ1v) is 8.80. The van der Waals surface area contributed by atoms with Crippen LogP contribution >= 0.6 is 23.1 Å². The molecule has 4 rings (SSSR count). The van der Waals surface area contributed by atoms with Crippen LogP contribution in [0.15, 0.2) is 58.8 Å². The van der Waals surface area contributed by atoms with E-state index in [1.165, 1.54) is 16.9 Å². The van der Waals surface area contributed by atoms with Crippen LogP contribution in [0, 0.1) is 11.3 Å². The minimum atomic E-state index is 0.280. The van der Waals surface area contributed by atoms with E-state index < -0.39 is 0 Å². The number of amidine groups is 1. The predicted octanol–water partition coefficient (Wildman–Crippen LogP) is 4.26. The fourth-order valence-electron chi connectivity index (χ4n) is 2.38. The Bertz CT molecular complexity index is 957. The van der Waals surface area contributed by atoms with Gasteiger partial charge in [-0.2, -0.15) is 10.3 Å². The van der Waals surface area contributed by atoms with Gasteiger partial charge in [0.1, 0.15) is 0 Å². The van der Waals surface area contributed by atoms with Crippen molar-refractivity contribution < 1.29 is 0 Å². The zero-order valence-corrected chi connectivity index (χ0v) is 13.9. The number of nitrogens with one attached hydrogen (secondary N) is 1. The molecule has 2 aromatic rings. The monoisotopic (exact) mass is 336 g/mol. The lowest BCUT2D eigenvalue weighted by Gasteiger charge is -1.99. The lowest BCUT2D eigenvalue weighted by molar-refractivity contribution is 1.10. The van der Waals surface area contributed by atoms with Crippen LogP contribution in [0.4, 0.5) is 5.13 Å². The van der Waals surface area contributed by atoms with Gasteiger partial charge in [0.25, 0.3) is 0 Å². The van der Waals surface area contributed by atoms with Gasteiger partial charge in [-0.1, -0.05) is 46.9 Å². The quantitative estimate of drug-likeness (QED) is 0.845. The van der Waals surface area contributed by atoms with E-state index in [4.69, 9.17) is 5.26 Å². The predicted molar refractivity (Wildman–Crippen MR) is 96.9 cm³/mol. The molecule has 1 aliphatic heterocycles. The minimum absolute atomic E-state index is 0.280. The second kappa shape index (κ2) is 5.69. The van der Waals surface area contributed by atoms with Gasteiger partial charge in [0.05, 0.1) is 27.1 Å². The molecule has 1 aliphatic carbocycles. The van der Waals surface area contributed by atoms with Crippen molar-refractivity contribution >= 4 is 43.6 Å². The number of hydrogen-bond donors (Lipinski definition) is 1. The first kappa shape index (κ1) is 14.2. The zero-order chi connectivity index (χ0) is 15.8. The normalized spacial score (nSPS) is 21.4. The largest absolute Gasteiger partial charge is 0.337 e. The van der Waals surface area contributed by atoms with E-state index in [1.807, 2.05) is 12.1 Å². The van der Waals surface area contributed by atoms with Gasteiger partial charge in [-0.25, -0.2) is 4.98 Å². The number of aromatic nitrogens is 1. The summed E-state index contributed by atoms with van der Waals surface area (Å²) in [5, 5.41) is 14.2. The third kappa shape index (κ3) is 2.81. The molecule has 0 spiro atoms. The van der Waals surface area contributed by atoms with Crippen LogP contribution < -0.4 is 5.32 Å². The van der Waals surface area contributed by atoms with Gasteiger partial charge < -0.3 is 5.32 Å². The van der Waals surface area contributed by atoms with Gasteiger partial charge in [-0.05, 0) is 31.2 Å². The maximum Gasteiger partial charge on any atom is 0.212 e. The standard InChI is InChI=1S/C17H12N4S2/c1-10-2-5-12-14(6-3-10)22-16(19-12)21-17-20-13-8-11(9-18)4-7-15(13)23-17/h2-8,14H,1H3,(H,19,20,21). The first-order chi connectivity index (χ1) is 11.2. The van der Waals surface area contributed by atoms with Crippen molar-refractivity contribution in [1.82, 2.24) is 10.3 Å². The van der Waals surface area contributed by atoms with Crippen LogP contribution in [0.1, 0.15) is 12.5 Å². The molecule has 0 bridgehead atoms. The van der Waals surface area contributed by atoms with Gasteiger partial charge in [0.2, 0.25) is 5.13 Å². The number of nitriles is 1. The lowest BCUT2D eigenvalue weighted by atomic mass is 10.2. The van der Waals surface area contributed by atoms with Crippen molar-refractivity contribution in [1.29, 1.82) is 5.26 Å². The molecule has 2 aliphatic rings. The molecule has 1 atom stereocenters. The number of hydrogen-bond acceptors (Lipinski definition) is 5. The number of thioether (sulfide) groups is 1. The van der Waals surface area contributed by atoms with Crippen molar-refractivity contribution in [2.45, 2.75) is 12.2 Å². The van der Waals surface area contributed by atoms with E-state index in [0.29, 0.717) is 10.7 Å². The molecule has 6 heteroatoms. The molecule has 0 radical (unpaired) electrons. The number of fused-ring (bicyclic) bond motifs is 2.